The quantitative estimate of drug-likeness (QED) is 0.739. The molecule has 1 aliphatic carbocycles. The topological polar surface area (TPSA) is 30.5 Å². The summed E-state index contributed by atoms with van der Waals surface area (Å²) < 4.78 is 10.9. The minimum absolute atomic E-state index is 0.383. The number of hydrogen-bond acceptors (Lipinski definition) is 3. The zero-order valence-corrected chi connectivity index (χ0v) is 13.1. The van der Waals surface area contributed by atoms with E-state index in [9.17, 15) is 0 Å². The van der Waals surface area contributed by atoms with Gasteiger partial charge in [0.25, 0.3) is 0 Å². The van der Waals surface area contributed by atoms with Crippen molar-refractivity contribution in [1.82, 2.24) is 5.32 Å². The standard InChI is InChI=1S/C17H27NO2/c1-5-18-16(14-12-17(14,2)3)13-8-6-7-9-15(13)20-11-10-19-4/h6-9,14,16,18H,5,10-12H2,1-4H3. The highest BCUT2D eigenvalue weighted by Gasteiger charge is 2.50. The Bertz CT molecular complexity index is 431. The van der Waals surface area contributed by atoms with E-state index in [1.807, 2.05) is 6.07 Å². The first-order valence-electron chi connectivity index (χ1n) is 7.54. The van der Waals surface area contributed by atoms with Gasteiger partial charge in [-0.25, -0.2) is 0 Å². The Morgan fingerprint density at radius 3 is 2.60 bits per heavy atom. The lowest BCUT2D eigenvalue weighted by Crippen LogP contribution is -2.25. The molecule has 0 bridgehead atoms. The number of ether oxygens (including phenoxy) is 2. The van der Waals surface area contributed by atoms with Crippen LogP contribution in [0.4, 0.5) is 0 Å². The molecule has 2 atom stereocenters. The minimum atomic E-state index is 0.383. The number of para-hydroxylation sites is 1. The molecule has 0 aliphatic heterocycles. The van der Waals surface area contributed by atoms with Gasteiger partial charge in [0.15, 0.2) is 0 Å². The Balaban J connectivity index is 2.15. The third-order valence-corrected chi connectivity index (χ3v) is 4.22. The molecule has 112 valence electrons. The van der Waals surface area contributed by atoms with E-state index in [4.69, 9.17) is 9.47 Å². The Kier molecular flexibility index (Phi) is 5.06. The molecule has 0 amide bonds. The van der Waals surface area contributed by atoms with E-state index in [2.05, 4.69) is 44.3 Å². The second-order valence-corrected chi connectivity index (χ2v) is 6.21. The lowest BCUT2D eigenvalue weighted by atomic mass is 9.96. The van der Waals surface area contributed by atoms with Crippen molar-refractivity contribution in [2.24, 2.45) is 11.3 Å². The summed E-state index contributed by atoms with van der Waals surface area (Å²) in [4.78, 5) is 0. The molecule has 2 rings (SSSR count). The van der Waals surface area contributed by atoms with E-state index >= 15 is 0 Å². The zero-order chi connectivity index (χ0) is 14.6. The SMILES string of the molecule is CCNC(c1ccccc1OCCOC)C1CC1(C)C. The molecule has 20 heavy (non-hydrogen) atoms. The summed E-state index contributed by atoms with van der Waals surface area (Å²) in [7, 11) is 1.70. The van der Waals surface area contributed by atoms with Crippen molar-refractivity contribution < 1.29 is 9.47 Å². The van der Waals surface area contributed by atoms with Crippen molar-refractivity contribution in [2.45, 2.75) is 33.2 Å². The van der Waals surface area contributed by atoms with Crippen LogP contribution in [0, 0.1) is 11.3 Å². The first-order chi connectivity index (χ1) is 9.60. The maximum Gasteiger partial charge on any atom is 0.124 e. The van der Waals surface area contributed by atoms with E-state index < -0.39 is 0 Å². The molecule has 0 spiro atoms. The summed E-state index contributed by atoms with van der Waals surface area (Å²) >= 11 is 0. The van der Waals surface area contributed by atoms with Gasteiger partial charge in [-0.15, -0.1) is 0 Å². The highest BCUT2D eigenvalue weighted by atomic mass is 16.5. The summed E-state index contributed by atoms with van der Waals surface area (Å²) in [5, 5.41) is 3.64. The Hall–Kier alpha value is -1.06. The molecule has 0 aromatic heterocycles. The van der Waals surface area contributed by atoms with Gasteiger partial charge < -0.3 is 14.8 Å². The molecular weight excluding hydrogens is 250 g/mol. The van der Waals surface area contributed by atoms with Gasteiger partial charge in [0.1, 0.15) is 12.4 Å². The maximum absolute atomic E-state index is 5.89. The highest BCUT2D eigenvalue weighted by Crippen LogP contribution is 2.58. The first-order valence-corrected chi connectivity index (χ1v) is 7.54. The number of methoxy groups -OCH3 is 1. The first kappa shape index (κ1) is 15.3. The maximum atomic E-state index is 5.89. The van der Waals surface area contributed by atoms with Crippen LogP contribution in [0.15, 0.2) is 24.3 Å². The largest absolute Gasteiger partial charge is 0.491 e. The molecule has 1 aromatic rings. The van der Waals surface area contributed by atoms with Gasteiger partial charge in [-0.2, -0.15) is 0 Å². The fourth-order valence-corrected chi connectivity index (χ4v) is 2.87. The van der Waals surface area contributed by atoms with Crippen LogP contribution in [-0.2, 0) is 4.74 Å². The Morgan fingerprint density at radius 2 is 2.00 bits per heavy atom. The minimum Gasteiger partial charge on any atom is -0.491 e. The van der Waals surface area contributed by atoms with E-state index in [0.717, 1.165) is 12.3 Å². The highest BCUT2D eigenvalue weighted by molar-refractivity contribution is 5.37. The van der Waals surface area contributed by atoms with Crippen LogP contribution in [0.3, 0.4) is 0 Å². The van der Waals surface area contributed by atoms with Crippen LogP contribution in [-0.4, -0.2) is 26.9 Å². The van der Waals surface area contributed by atoms with E-state index in [1.165, 1.54) is 12.0 Å². The molecular formula is C17H27NO2. The predicted octanol–water partition coefficient (Wildman–Crippen LogP) is 3.41. The summed E-state index contributed by atoms with van der Waals surface area (Å²) in [5.74, 6) is 1.67. The zero-order valence-electron chi connectivity index (χ0n) is 13.1. The molecule has 0 saturated heterocycles. The summed E-state index contributed by atoms with van der Waals surface area (Å²) in [5.41, 5.74) is 1.72. The van der Waals surface area contributed by atoms with Gasteiger partial charge in [0, 0.05) is 18.7 Å². The van der Waals surface area contributed by atoms with Gasteiger partial charge in [-0.05, 0) is 30.4 Å². The fraction of sp³-hybridized carbons (Fsp3) is 0.647. The van der Waals surface area contributed by atoms with Gasteiger partial charge in [0.2, 0.25) is 0 Å². The summed E-state index contributed by atoms with van der Waals surface area (Å²) in [6, 6.07) is 8.76. The average molecular weight is 277 g/mol. The van der Waals surface area contributed by atoms with Gasteiger partial charge in [0.05, 0.1) is 6.61 Å². The second kappa shape index (κ2) is 6.59. The molecule has 1 fully saturated rings. The third kappa shape index (κ3) is 3.53. The molecule has 0 radical (unpaired) electrons. The molecule has 2 unspecified atom stereocenters. The molecule has 1 saturated carbocycles. The van der Waals surface area contributed by atoms with Crippen LogP contribution < -0.4 is 10.1 Å². The Labute approximate surface area is 122 Å². The van der Waals surface area contributed by atoms with Crippen LogP contribution in [0.2, 0.25) is 0 Å². The van der Waals surface area contributed by atoms with Gasteiger partial charge >= 0.3 is 0 Å². The van der Waals surface area contributed by atoms with Crippen molar-refractivity contribution in [1.29, 1.82) is 0 Å². The predicted molar refractivity (Wildman–Crippen MR) is 82.1 cm³/mol. The molecule has 1 N–H and O–H groups in total. The average Bonchev–Trinajstić information content (AvgIpc) is 3.06. The molecule has 0 heterocycles. The lowest BCUT2D eigenvalue weighted by molar-refractivity contribution is 0.145. The number of benzene rings is 1. The monoisotopic (exact) mass is 277 g/mol. The molecule has 1 aromatic carbocycles. The Morgan fingerprint density at radius 1 is 1.30 bits per heavy atom. The molecule has 3 heteroatoms. The van der Waals surface area contributed by atoms with E-state index in [-0.39, 0.29) is 0 Å². The van der Waals surface area contributed by atoms with E-state index in [0.29, 0.717) is 30.6 Å². The summed E-state index contributed by atoms with van der Waals surface area (Å²) in [6.45, 7) is 9.04. The van der Waals surface area contributed by atoms with Gasteiger partial charge in [-0.1, -0.05) is 39.0 Å². The lowest BCUT2D eigenvalue weighted by Gasteiger charge is -2.23. The van der Waals surface area contributed by atoms with Gasteiger partial charge in [-0.3, -0.25) is 0 Å². The fourth-order valence-electron chi connectivity index (χ4n) is 2.87. The van der Waals surface area contributed by atoms with Crippen molar-refractivity contribution >= 4 is 0 Å². The van der Waals surface area contributed by atoms with Crippen LogP contribution in [0.1, 0.15) is 38.8 Å². The smallest absolute Gasteiger partial charge is 0.124 e. The molecule has 3 nitrogen and oxygen atoms in total. The number of hydrogen-bond donors (Lipinski definition) is 1. The summed E-state index contributed by atoms with van der Waals surface area (Å²) in [6.07, 6.45) is 1.27. The number of rotatable bonds is 8. The van der Waals surface area contributed by atoms with E-state index in [1.54, 1.807) is 7.11 Å². The second-order valence-electron chi connectivity index (χ2n) is 6.21. The van der Waals surface area contributed by atoms with Crippen molar-refractivity contribution in [3.05, 3.63) is 29.8 Å². The van der Waals surface area contributed by atoms with Crippen molar-refractivity contribution in [2.75, 3.05) is 26.9 Å². The molecule has 1 aliphatic rings. The van der Waals surface area contributed by atoms with Crippen molar-refractivity contribution in [3.8, 4) is 5.75 Å². The van der Waals surface area contributed by atoms with Crippen LogP contribution in [0.5, 0.6) is 5.75 Å². The normalized spacial score (nSPS) is 21.5. The van der Waals surface area contributed by atoms with Crippen LogP contribution >= 0.6 is 0 Å². The number of nitrogens with one attached hydrogen (secondary N) is 1. The van der Waals surface area contributed by atoms with Crippen LogP contribution in [0.25, 0.3) is 0 Å². The third-order valence-electron chi connectivity index (χ3n) is 4.22. The van der Waals surface area contributed by atoms with Crippen molar-refractivity contribution in [3.63, 3.8) is 0 Å².